The number of nitrogens with one attached hydrogen (secondary N) is 1. The highest BCUT2D eigenvalue weighted by molar-refractivity contribution is 5.91. The lowest BCUT2D eigenvalue weighted by molar-refractivity contribution is 0.0922. The van der Waals surface area contributed by atoms with Gasteiger partial charge in [0.2, 0.25) is 0 Å². The third-order valence-corrected chi connectivity index (χ3v) is 3.63. The van der Waals surface area contributed by atoms with Gasteiger partial charge in [-0.05, 0) is 44.2 Å². The van der Waals surface area contributed by atoms with E-state index in [1.165, 1.54) is 22.7 Å². The minimum absolute atomic E-state index is 0.191. The summed E-state index contributed by atoms with van der Waals surface area (Å²) in [6.07, 6.45) is 1.50. The maximum absolute atomic E-state index is 11.9. The van der Waals surface area contributed by atoms with Crippen LogP contribution in [0.1, 0.15) is 28.7 Å². The summed E-state index contributed by atoms with van der Waals surface area (Å²) in [5, 5.41) is 4.11. The fourth-order valence-electron chi connectivity index (χ4n) is 2.63. The van der Waals surface area contributed by atoms with Gasteiger partial charge in [-0.1, -0.05) is 11.6 Å². The lowest BCUT2D eigenvalue weighted by atomic mass is 10.2. The van der Waals surface area contributed by atoms with Crippen molar-refractivity contribution in [3.05, 3.63) is 59.7 Å². The largest absolute Gasteiger partial charge is 0.459 e. The van der Waals surface area contributed by atoms with E-state index in [9.17, 15) is 4.79 Å². The molecule has 0 fully saturated rings. The van der Waals surface area contributed by atoms with Gasteiger partial charge in [0.1, 0.15) is 0 Å². The van der Waals surface area contributed by atoms with Crippen LogP contribution in [-0.2, 0) is 13.1 Å². The second-order valence-corrected chi connectivity index (χ2v) is 5.10. The molecule has 3 aromatic rings. The normalized spacial score (nSPS) is 11.0. The Morgan fingerprint density at radius 1 is 1.29 bits per heavy atom. The van der Waals surface area contributed by atoms with Crippen LogP contribution in [0.2, 0.25) is 0 Å². The van der Waals surface area contributed by atoms with Crippen molar-refractivity contribution in [1.82, 2.24) is 9.88 Å². The topological polar surface area (TPSA) is 47.2 Å². The molecule has 0 aliphatic heterocycles. The lowest BCUT2D eigenvalue weighted by Crippen LogP contribution is -2.23. The van der Waals surface area contributed by atoms with Gasteiger partial charge in [0, 0.05) is 23.1 Å². The van der Waals surface area contributed by atoms with Crippen molar-refractivity contribution >= 4 is 16.8 Å². The van der Waals surface area contributed by atoms with Gasteiger partial charge in [-0.2, -0.15) is 0 Å². The smallest absolute Gasteiger partial charge is 0.287 e. The minimum Gasteiger partial charge on any atom is -0.459 e. The Kier molecular flexibility index (Phi) is 3.52. The molecule has 0 aliphatic rings. The molecule has 0 unspecified atom stereocenters. The second kappa shape index (κ2) is 5.48. The molecule has 4 heteroatoms. The van der Waals surface area contributed by atoms with E-state index in [0.717, 1.165) is 12.2 Å². The number of aromatic nitrogens is 1. The number of furan rings is 1. The molecule has 4 nitrogen and oxygen atoms in total. The molecular formula is C17H18N2O2. The van der Waals surface area contributed by atoms with Gasteiger partial charge in [0.05, 0.1) is 12.8 Å². The van der Waals surface area contributed by atoms with E-state index >= 15 is 0 Å². The Morgan fingerprint density at radius 3 is 2.86 bits per heavy atom. The molecule has 0 atom stereocenters. The predicted octanol–water partition coefficient (Wildman–Crippen LogP) is 3.49. The van der Waals surface area contributed by atoms with Crippen molar-refractivity contribution in [2.75, 3.05) is 0 Å². The summed E-state index contributed by atoms with van der Waals surface area (Å²) >= 11 is 0. The Balaban J connectivity index is 1.85. The third kappa shape index (κ3) is 2.57. The van der Waals surface area contributed by atoms with Gasteiger partial charge in [-0.15, -0.1) is 0 Å². The number of carbonyl (C=O) groups excluding carboxylic acids is 1. The van der Waals surface area contributed by atoms with Gasteiger partial charge in [0.15, 0.2) is 5.76 Å². The summed E-state index contributed by atoms with van der Waals surface area (Å²) in [5.74, 6) is 0.147. The molecule has 2 aromatic heterocycles. The summed E-state index contributed by atoms with van der Waals surface area (Å²) < 4.78 is 7.32. The van der Waals surface area contributed by atoms with E-state index in [2.05, 4.69) is 48.0 Å². The van der Waals surface area contributed by atoms with Gasteiger partial charge in [-0.25, -0.2) is 0 Å². The average Bonchev–Trinajstić information content (AvgIpc) is 3.11. The highest BCUT2D eigenvalue weighted by Gasteiger charge is 2.11. The molecule has 0 bridgehead atoms. The fraction of sp³-hybridized carbons (Fsp3) is 0.235. The number of rotatable bonds is 4. The van der Waals surface area contributed by atoms with Gasteiger partial charge in [-0.3, -0.25) is 4.79 Å². The third-order valence-electron chi connectivity index (χ3n) is 3.63. The Bertz CT molecular complexity index is 770. The first kappa shape index (κ1) is 13.5. The maximum Gasteiger partial charge on any atom is 0.287 e. The van der Waals surface area contributed by atoms with E-state index < -0.39 is 0 Å². The molecule has 108 valence electrons. The summed E-state index contributed by atoms with van der Waals surface area (Å²) in [6.45, 7) is 5.55. The average molecular weight is 282 g/mol. The summed E-state index contributed by atoms with van der Waals surface area (Å²) in [7, 11) is 0. The number of amides is 1. The first-order chi connectivity index (χ1) is 10.2. The van der Waals surface area contributed by atoms with Crippen LogP contribution < -0.4 is 5.32 Å². The Morgan fingerprint density at radius 2 is 2.14 bits per heavy atom. The fourth-order valence-corrected chi connectivity index (χ4v) is 2.63. The number of hydrogen-bond donors (Lipinski definition) is 1. The zero-order valence-corrected chi connectivity index (χ0v) is 12.2. The lowest BCUT2D eigenvalue weighted by Gasteiger charge is -2.08. The molecule has 0 aliphatic carbocycles. The summed E-state index contributed by atoms with van der Waals surface area (Å²) in [6, 6.07) is 11.9. The molecule has 2 heterocycles. The standard InChI is InChI=1S/C17H18N2O2/c1-3-19-14(10-13-9-12(2)6-7-15(13)19)11-18-17(20)16-5-4-8-21-16/h4-10H,3,11H2,1-2H3,(H,18,20). The SMILES string of the molecule is CCn1c(CNC(=O)c2ccco2)cc2cc(C)ccc21. The monoisotopic (exact) mass is 282 g/mol. The molecule has 1 aromatic carbocycles. The van der Waals surface area contributed by atoms with Crippen LogP contribution in [0, 0.1) is 6.92 Å². The molecular weight excluding hydrogens is 264 g/mol. The maximum atomic E-state index is 11.9. The molecule has 0 saturated carbocycles. The van der Waals surface area contributed by atoms with Crippen molar-refractivity contribution in [2.45, 2.75) is 26.9 Å². The Labute approximate surface area is 123 Å². The molecule has 0 spiro atoms. The van der Waals surface area contributed by atoms with Crippen molar-refractivity contribution in [1.29, 1.82) is 0 Å². The van der Waals surface area contributed by atoms with E-state index in [4.69, 9.17) is 4.42 Å². The first-order valence-electron chi connectivity index (χ1n) is 7.09. The first-order valence-corrected chi connectivity index (χ1v) is 7.09. The Hall–Kier alpha value is -2.49. The highest BCUT2D eigenvalue weighted by Crippen LogP contribution is 2.21. The van der Waals surface area contributed by atoms with Crippen molar-refractivity contribution in [2.24, 2.45) is 0 Å². The van der Waals surface area contributed by atoms with E-state index in [0.29, 0.717) is 12.3 Å². The highest BCUT2D eigenvalue weighted by atomic mass is 16.3. The van der Waals surface area contributed by atoms with Crippen molar-refractivity contribution < 1.29 is 9.21 Å². The zero-order chi connectivity index (χ0) is 14.8. The second-order valence-electron chi connectivity index (χ2n) is 5.10. The van der Waals surface area contributed by atoms with Crippen LogP contribution >= 0.6 is 0 Å². The molecule has 3 rings (SSSR count). The van der Waals surface area contributed by atoms with Gasteiger partial charge >= 0.3 is 0 Å². The molecule has 1 N–H and O–H groups in total. The number of fused-ring (bicyclic) bond motifs is 1. The molecule has 21 heavy (non-hydrogen) atoms. The number of aryl methyl sites for hydroxylation is 2. The van der Waals surface area contributed by atoms with Gasteiger partial charge in [0.25, 0.3) is 5.91 Å². The molecule has 0 saturated heterocycles. The van der Waals surface area contributed by atoms with Crippen LogP contribution in [0.4, 0.5) is 0 Å². The van der Waals surface area contributed by atoms with Crippen LogP contribution in [0.5, 0.6) is 0 Å². The predicted molar refractivity (Wildman–Crippen MR) is 82.2 cm³/mol. The molecule has 0 radical (unpaired) electrons. The number of carbonyl (C=O) groups is 1. The number of hydrogen-bond acceptors (Lipinski definition) is 2. The van der Waals surface area contributed by atoms with E-state index in [-0.39, 0.29) is 5.91 Å². The number of benzene rings is 1. The molecule has 1 amide bonds. The van der Waals surface area contributed by atoms with Crippen molar-refractivity contribution in [3.8, 4) is 0 Å². The van der Waals surface area contributed by atoms with Crippen LogP contribution in [-0.4, -0.2) is 10.5 Å². The minimum atomic E-state index is -0.191. The summed E-state index contributed by atoms with van der Waals surface area (Å²) in [5.41, 5.74) is 3.53. The number of nitrogens with zero attached hydrogens (tertiary/aromatic N) is 1. The van der Waals surface area contributed by atoms with Crippen LogP contribution in [0.25, 0.3) is 10.9 Å². The van der Waals surface area contributed by atoms with Crippen molar-refractivity contribution in [3.63, 3.8) is 0 Å². The van der Waals surface area contributed by atoms with E-state index in [1.807, 2.05) is 0 Å². The van der Waals surface area contributed by atoms with Crippen LogP contribution in [0.15, 0.2) is 47.1 Å². The summed E-state index contributed by atoms with van der Waals surface area (Å²) in [4.78, 5) is 11.9. The zero-order valence-electron chi connectivity index (χ0n) is 12.2. The van der Waals surface area contributed by atoms with E-state index in [1.54, 1.807) is 12.1 Å². The van der Waals surface area contributed by atoms with Crippen LogP contribution in [0.3, 0.4) is 0 Å². The quantitative estimate of drug-likeness (QED) is 0.796. The van der Waals surface area contributed by atoms with Gasteiger partial charge < -0.3 is 14.3 Å².